The van der Waals surface area contributed by atoms with E-state index >= 15 is 0 Å². The number of hydrogen-bond acceptors (Lipinski definition) is 6. The monoisotopic (exact) mass is 348 g/mol. The second-order valence-corrected chi connectivity index (χ2v) is 5.91. The van der Waals surface area contributed by atoms with Crippen molar-refractivity contribution in [1.82, 2.24) is 10.2 Å². The van der Waals surface area contributed by atoms with Crippen LogP contribution in [0.3, 0.4) is 0 Å². The Balaban J connectivity index is 1.98. The molecule has 0 aromatic heterocycles. The fraction of sp³-hybridized carbons (Fsp3) is 0.529. The van der Waals surface area contributed by atoms with Gasteiger partial charge < -0.3 is 24.3 Å². The lowest BCUT2D eigenvalue weighted by atomic mass is 9.78. The molecule has 1 aliphatic rings. The van der Waals surface area contributed by atoms with Crippen molar-refractivity contribution in [2.75, 3.05) is 40.0 Å². The Morgan fingerprint density at radius 2 is 1.96 bits per heavy atom. The Morgan fingerprint density at radius 1 is 1.32 bits per heavy atom. The molecule has 7 nitrogen and oxygen atoms in total. The summed E-state index contributed by atoms with van der Waals surface area (Å²) in [4.78, 5) is 24.7. The first kappa shape index (κ1) is 19.4. The van der Waals surface area contributed by atoms with Crippen molar-refractivity contribution < 1.29 is 23.6 Å². The van der Waals surface area contributed by atoms with Crippen LogP contribution in [0.15, 0.2) is 24.3 Å². The quantitative estimate of drug-likeness (QED) is 0.410. The minimum absolute atomic E-state index is 0.278. The Labute approximate surface area is 148 Å². The molecule has 1 aromatic rings. The number of amides is 1. The zero-order chi connectivity index (χ0) is 18.1. The van der Waals surface area contributed by atoms with Crippen LogP contribution >= 0.6 is 0 Å². The molecule has 1 amide bonds. The van der Waals surface area contributed by atoms with Crippen LogP contribution in [0.25, 0.3) is 0 Å². The summed E-state index contributed by atoms with van der Waals surface area (Å²) in [6.07, 6.45) is 0.887. The van der Waals surface area contributed by atoms with Gasteiger partial charge in [-0.1, -0.05) is 24.3 Å². The molecular formula is C17H25BN2O5. The van der Waals surface area contributed by atoms with E-state index in [-0.39, 0.29) is 13.7 Å². The van der Waals surface area contributed by atoms with E-state index in [1.54, 1.807) is 6.92 Å². The number of hydrogen-bond donors (Lipinski definition) is 1. The molecule has 1 N–H and O–H groups in total. The Hall–Kier alpha value is -1.90. The second kappa shape index (κ2) is 10.2. The number of carbonyl (C=O) groups is 2. The molecule has 136 valence electrons. The summed E-state index contributed by atoms with van der Waals surface area (Å²) in [6.45, 7) is 4.97. The van der Waals surface area contributed by atoms with E-state index in [0.717, 1.165) is 24.1 Å². The van der Waals surface area contributed by atoms with Gasteiger partial charge in [0.05, 0.1) is 6.61 Å². The summed E-state index contributed by atoms with van der Waals surface area (Å²) in [5.74, 6) is -0.436. The van der Waals surface area contributed by atoms with Crippen LogP contribution in [0.4, 0.5) is 0 Å². The largest absolute Gasteiger partial charge is 0.493 e. The van der Waals surface area contributed by atoms with Crippen LogP contribution in [0.2, 0.25) is 0 Å². The smallest absolute Gasteiger partial charge is 0.464 e. The topological polar surface area (TPSA) is 77.1 Å². The summed E-state index contributed by atoms with van der Waals surface area (Å²) in [5.41, 5.74) is 1.85. The van der Waals surface area contributed by atoms with Gasteiger partial charge in [0, 0.05) is 32.7 Å². The Kier molecular flexibility index (Phi) is 7.91. The molecule has 1 aliphatic heterocycles. The molecule has 25 heavy (non-hydrogen) atoms. The molecule has 1 saturated heterocycles. The normalized spacial score (nSPS) is 17.3. The molecular weight excluding hydrogens is 323 g/mol. The Bertz CT molecular complexity index is 544. The van der Waals surface area contributed by atoms with Gasteiger partial charge >= 0.3 is 13.1 Å². The summed E-state index contributed by atoms with van der Waals surface area (Å²) in [7, 11) is 1.66. The van der Waals surface area contributed by atoms with Crippen LogP contribution in [-0.2, 0) is 30.1 Å². The van der Waals surface area contributed by atoms with Gasteiger partial charge in [-0.2, -0.15) is 0 Å². The van der Waals surface area contributed by atoms with Crippen LogP contribution in [0.5, 0.6) is 0 Å². The molecule has 0 bridgehead atoms. The lowest BCUT2D eigenvalue weighted by Crippen LogP contribution is -2.43. The van der Waals surface area contributed by atoms with Crippen molar-refractivity contribution >= 4 is 25.0 Å². The van der Waals surface area contributed by atoms with Crippen molar-refractivity contribution in [3.8, 4) is 0 Å². The lowest BCUT2D eigenvalue weighted by molar-refractivity contribution is -0.146. The molecule has 1 heterocycles. The van der Waals surface area contributed by atoms with E-state index < -0.39 is 12.0 Å². The third kappa shape index (κ3) is 6.15. The minimum atomic E-state index is -0.687. The highest BCUT2D eigenvalue weighted by atomic mass is 16.6. The number of benzene rings is 1. The van der Waals surface area contributed by atoms with Gasteiger partial charge in [0.1, 0.15) is 6.04 Å². The summed E-state index contributed by atoms with van der Waals surface area (Å²) in [6, 6.07) is 6.98. The number of rotatable bonds is 7. The third-order valence-corrected chi connectivity index (χ3v) is 4.02. The Morgan fingerprint density at radius 3 is 2.52 bits per heavy atom. The van der Waals surface area contributed by atoms with Crippen LogP contribution < -0.4 is 10.8 Å². The SMILES string of the molecule is CCOC(=O)C(Cc1ccc(B2OCCN(C)CCO2)cc1)NC=O. The zero-order valence-corrected chi connectivity index (χ0v) is 14.8. The average Bonchev–Trinajstić information content (AvgIpc) is 2.58. The first-order valence-electron chi connectivity index (χ1n) is 8.51. The van der Waals surface area contributed by atoms with E-state index in [1.165, 1.54) is 0 Å². The highest BCUT2D eigenvalue weighted by Gasteiger charge is 2.24. The van der Waals surface area contributed by atoms with Crippen LogP contribution in [0.1, 0.15) is 12.5 Å². The molecule has 1 atom stereocenters. The maximum atomic E-state index is 11.9. The van der Waals surface area contributed by atoms with Crippen molar-refractivity contribution in [1.29, 1.82) is 0 Å². The van der Waals surface area contributed by atoms with Crippen molar-refractivity contribution in [3.63, 3.8) is 0 Å². The summed E-state index contributed by atoms with van der Waals surface area (Å²) in [5, 5.41) is 2.50. The van der Waals surface area contributed by atoms with Gasteiger partial charge in [0.15, 0.2) is 0 Å². The number of likely N-dealkylation sites (N-methyl/N-ethyl adjacent to an activating group) is 1. The van der Waals surface area contributed by atoms with E-state index in [0.29, 0.717) is 26.0 Å². The number of nitrogens with one attached hydrogen (secondary N) is 1. The van der Waals surface area contributed by atoms with E-state index in [1.807, 2.05) is 31.3 Å². The maximum Gasteiger partial charge on any atom is 0.493 e. The first-order chi connectivity index (χ1) is 12.1. The fourth-order valence-electron chi connectivity index (χ4n) is 2.57. The summed E-state index contributed by atoms with van der Waals surface area (Å²) >= 11 is 0. The molecule has 0 aliphatic carbocycles. The summed E-state index contributed by atoms with van der Waals surface area (Å²) < 4.78 is 16.5. The highest BCUT2D eigenvalue weighted by molar-refractivity contribution is 6.61. The molecule has 1 unspecified atom stereocenters. The highest BCUT2D eigenvalue weighted by Crippen LogP contribution is 2.06. The second-order valence-electron chi connectivity index (χ2n) is 5.91. The fourth-order valence-corrected chi connectivity index (χ4v) is 2.57. The third-order valence-electron chi connectivity index (χ3n) is 4.02. The molecule has 0 spiro atoms. The molecule has 2 rings (SSSR count). The zero-order valence-electron chi connectivity index (χ0n) is 14.8. The standard InChI is InChI=1S/C17H25BN2O5/c1-3-23-17(22)16(19-13-21)12-14-4-6-15(7-5-14)18-24-10-8-20(2)9-11-25-18/h4-7,13,16H,3,8-12H2,1-2H3,(H,19,21). The first-order valence-corrected chi connectivity index (χ1v) is 8.51. The number of esters is 1. The molecule has 1 fully saturated rings. The predicted molar refractivity (Wildman–Crippen MR) is 94.6 cm³/mol. The van der Waals surface area contributed by atoms with E-state index in [4.69, 9.17) is 14.0 Å². The van der Waals surface area contributed by atoms with E-state index in [2.05, 4.69) is 10.2 Å². The van der Waals surface area contributed by atoms with Gasteiger partial charge in [0.2, 0.25) is 6.41 Å². The van der Waals surface area contributed by atoms with Gasteiger partial charge in [0.25, 0.3) is 0 Å². The van der Waals surface area contributed by atoms with Gasteiger partial charge in [-0.25, -0.2) is 4.79 Å². The maximum absolute atomic E-state index is 11.9. The molecule has 1 aromatic carbocycles. The minimum Gasteiger partial charge on any atom is -0.464 e. The molecule has 8 heteroatoms. The molecule has 0 saturated carbocycles. The lowest BCUT2D eigenvalue weighted by Gasteiger charge is -2.24. The van der Waals surface area contributed by atoms with Crippen LogP contribution in [0, 0.1) is 0 Å². The average molecular weight is 348 g/mol. The number of ether oxygens (including phenoxy) is 1. The van der Waals surface area contributed by atoms with Gasteiger partial charge in [-0.05, 0) is 25.0 Å². The predicted octanol–water partition coefficient (Wildman–Crippen LogP) is -0.419. The van der Waals surface area contributed by atoms with Crippen molar-refractivity contribution in [3.05, 3.63) is 29.8 Å². The van der Waals surface area contributed by atoms with Gasteiger partial charge in [-0.3, -0.25) is 4.79 Å². The molecule has 0 radical (unpaired) electrons. The van der Waals surface area contributed by atoms with Gasteiger partial charge in [-0.15, -0.1) is 0 Å². The van der Waals surface area contributed by atoms with Crippen LogP contribution in [-0.4, -0.2) is 70.4 Å². The number of carbonyl (C=O) groups excluding carboxylic acids is 2. The van der Waals surface area contributed by atoms with Crippen molar-refractivity contribution in [2.24, 2.45) is 0 Å². The van der Waals surface area contributed by atoms with Crippen molar-refractivity contribution in [2.45, 2.75) is 19.4 Å². The van der Waals surface area contributed by atoms with E-state index in [9.17, 15) is 9.59 Å². The number of nitrogens with zero attached hydrogens (tertiary/aromatic N) is 1.